The molecule has 1 saturated heterocycles. The van der Waals surface area contributed by atoms with Gasteiger partial charge in [-0.1, -0.05) is 31.9 Å². The van der Waals surface area contributed by atoms with Gasteiger partial charge in [-0.3, -0.25) is 14.9 Å². The van der Waals surface area contributed by atoms with Crippen LogP contribution in [0.25, 0.3) is 0 Å². The number of ether oxygens (including phenoxy) is 3. The van der Waals surface area contributed by atoms with Gasteiger partial charge < -0.3 is 14.2 Å². The number of carbonyl (C=O) groups excluding carboxylic acids is 2. The summed E-state index contributed by atoms with van der Waals surface area (Å²) in [5, 5.41) is 1.49. The highest BCUT2D eigenvalue weighted by Crippen LogP contribution is 2.35. The lowest BCUT2D eigenvalue weighted by Gasteiger charge is -2.23. The molecule has 2 amide bonds. The molecule has 1 aliphatic carbocycles. The molecule has 7 heteroatoms. The molecular formula is C27H33NO5S. The Labute approximate surface area is 205 Å². The van der Waals surface area contributed by atoms with Crippen LogP contribution in [0.15, 0.2) is 42.5 Å². The van der Waals surface area contributed by atoms with Gasteiger partial charge >= 0.3 is 0 Å². The van der Waals surface area contributed by atoms with Crippen LogP contribution in [0.2, 0.25) is 0 Å². The second kappa shape index (κ2) is 12.2. The van der Waals surface area contributed by atoms with Crippen LogP contribution in [0.4, 0.5) is 4.79 Å². The molecular weight excluding hydrogens is 450 g/mol. The van der Waals surface area contributed by atoms with Crippen molar-refractivity contribution in [3.8, 4) is 17.2 Å². The van der Waals surface area contributed by atoms with E-state index in [1.54, 1.807) is 0 Å². The van der Waals surface area contributed by atoms with E-state index in [1.165, 1.54) is 24.8 Å². The Morgan fingerprint density at radius 1 is 0.971 bits per heavy atom. The van der Waals surface area contributed by atoms with Gasteiger partial charge in [0, 0.05) is 6.42 Å². The number of aryl methyl sites for hydroxylation is 1. The summed E-state index contributed by atoms with van der Waals surface area (Å²) in [5.74, 6) is 2.26. The summed E-state index contributed by atoms with van der Waals surface area (Å²) in [7, 11) is 0. The summed E-state index contributed by atoms with van der Waals surface area (Å²) in [6.45, 7) is 3.22. The van der Waals surface area contributed by atoms with E-state index in [0.29, 0.717) is 25.1 Å². The van der Waals surface area contributed by atoms with E-state index < -0.39 is 5.25 Å². The number of hydrogen-bond donors (Lipinski definition) is 1. The maximum atomic E-state index is 11.9. The first-order chi connectivity index (χ1) is 16.6. The van der Waals surface area contributed by atoms with Crippen LogP contribution >= 0.6 is 11.8 Å². The summed E-state index contributed by atoms with van der Waals surface area (Å²) < 4.78 is 18.2. The lowest BCUT2D eigenvalue weighted by atomic mass is 9.98. The topological polar surface area (TPSA) is 73.9 Å². The average molecular weight is 484 g/mol. The number of nitrogens with one attached hydrogen (secondary N) is 1. The highest BCUT2D eigenvalue weighted by atomic mass is 32.2. The highest BCUT2D eigenvalue weighted by Gasteiger charge is 2.33. The van der Waals surface area contributed by atoms with Gasteiger partial charge in [0.1, 0.15) is 22.5 Å². The van der Waals surface area contributed by atoms with Gasteiger partial charge in [-0.2, -0.15) is 0 Å². The Bertz CT molecular complexity index is 989. The zero-order valence-corrected chi connectivity index (χ0v) is 20.5. The van der Waals surface area contributed by atoms with E-state index in [-0.39, 0.29) is 11.1 Å². The van der Waals surface area contributed by atoms with Gasteiger partial charge in [-0.15, -0.1) is 0 Å². The normalized spacial score (nSPS) is 18.6. The summed E-state index contributed by atoms with van der Waals surface area (Å²) >= 11 is 0.997. The first kappa shape index (κ1) is 24.5. The van der Waals surface area contributed by atoms with Gasteiger partial charge in [0.2, 0.25) is 5.91 Å². The maximum absolute atomic E-state index is 11.9. The zero-order chi connectivity index (χ0) is 23.8. The summed E-state index contributed by atoms with van der Waals surface area (Å²) in [5.41, 5.74) is 1.95. The van der Waals surface area contributed by atoms with Crippen LogP contribution in [-0.2, 0) is 11.2 Å². The third kappa shape index (κ3) is 6.69. The van der Waals surface area contributed by atoms with E-state index in [2.05, 4.69) is 18.3 Å². The second-order valence-electron chi connectivity index (χ2n) is 8.79. The minimum atomic E-state index is -0.513. The number of benzene rings is 2. The van der Waals surface area contributed by atoms with Gasteiger partial charge in [0.15, 0.2) is 0 Å². The third-order valence-corrected chi connectivity index (χ3v) is 7.11. The molecule has 0 radical (unpaired) electrons. The van der Waals surface area contributed by atoms with Gasteiger partial charge in [0.25, 0.3) is 5.24 Å². The number of carbonyl (C=O) groups is 2. The van der Waals surface area contributed by atoms with Crippen molar-refractivity contribution in [1.82, 2.24) is 5.32 Å². The van der Waals surface area contributed by atoms with Crippen molar-refractivity contribution in [3.05, 3.63) is 53.6 Å². The second-order valence-corrected chi connectivity index (χ2v) is 9.87. The highest BCUT2D eigenvalue weighted by molar-refractivity contribution is 8.15. The van der Waals surface area contributed by atoms with Crippen molar-refractivity contribution < 1.29 is 23.8 Å². The van der Waals surface area contributed by atoms with Crippen LogP contribution in [0.3, 0.4) is 0 Å². The van der Waals surface area contributed by atoms with Crippen molar-refractivity contribution in [2.24, 2.45) is 0 Å². The fraction of sp³-hybridized carbons (Fsp3) is 0.481. The molecule has 0 bridgehead atoms. The molecule has 4 rings (SSSR count). The van der Waals surface area contributed by atoms with Gasteiger partial charge in [-0.25, -0.2) is 0 Å². The average Bonchev–Trinajstić information content (AvgIpc) is 3.19. The smallest absolute Gasteiger partial charge is 0.286 e. The fourth-order valence-electron chi connectivity index (χ4n) is 4.38. The van der Waals surface area contributed by atoms with Crippen molar-refractivity contribution in [2.45, 2.75) is 69.6 Å². The lowest BCUT2D eigenvalue weighted by Crippen LogP contribution is -2.20. The van der Waals surface area contributed by atoms with E-state index >= 15 is 0 Å². The molecule has 0 aromatic heterocycles. The van der Waals surface area contributed by atoms with E-state index in [0.717, 1.165) is 60.9 Å². The number of amides is 2. The Balaban J connectivity index is 1.25. The van der Waals surface area contributed by atoms with Crippen molar-refractivity contribution >= 4 is 22.9 Å². The third-order valence-electron chi connectivity index (χ3n) is 6.07. The first-order valence-corrected chi connectivity index (χ1v) is 13.2. The predicted octanol–water partition coefficient (Wildman–Crippen LogP) is 6.22. The number of rotatable bonds is 11. The van der Waals surface area contributed by atoms with Crippen molar-refractivity contribution in [2.75, 3.05) is 13.2 Å². The standard InChI is InChI=1S/C27H33NO5S/c1-2-8-19-17-23(33-21-10-4-3-5-11-21)13-14-24(19)32-16-7-15-31-22-12-6-9-20(18-22)25-26(29)28-27(30)34-25/h6,9,12-14,17-18,21,25H,2-5,7-8,10-11,15-16H2,1H3,(H,28,29,30). The molecule has 34 heavy (non-hydrogen) atoms. The van der Waals surface area contributed by atoms with E-state index in [4.69, 9.17) is 14.2 Å². The molecule has 6 nitrogen and oxygen atoms in total. The predicted molar refractivity (Wildman–Crippen MR) is 134 cm³/mol. The first-order valence-electron chi connectivity index (χ1n) is 12.3. The molecule has 182 valence electrons. The van der Waals surface area contributed by atoms with E-state index in [1.807, 2.05) is 36.4 Å². The Kier molecular flexibility index (Phi) is 8.74. The molecule has 1 unspecified atom stereocenters. The minimum absolute atomic E-state index is 0.279. The molecule has 1 atom stereocenters. The molecule has 0 spiro atoms. The minimum Gasteiger partial charge on any atom is -0.493 e. The van der Waals surface area contributed by atoms with Gasteiger partial charge in [-0.05, 0) is 85.3 Å². The number of hydrogen-bond acceptors (Lipinski definition) is 6. The molecule has 2 aromatic carbocycles. The van der Waals surface area contributed by atoms with Crippen molar-refractivity contribution in [3.63, 3.8) is 0 Å². The molecule has 2 aliphatic rings. The molecule has 1 N–H and O–H groups in total. The summed E-state index contributed by atoms with van der Waals surface area (Å²) in [4.78, 5) is 23.3. The van der Waals surface area contributed by atoms with Crippen LogP contribution in [0.5, 0.6) is 17.2 Å². The van der Waals surface area contributed by atoms with Gasteiger partial charge in [0.05, 0.1) is 19.3 Å². The Morgan fingerprint density at radius 3 is 2.56 bits per heavy atom. The SMILES string of the molecule is CCCc1cc(OC2CCCCC2)ccc1OCCCOc1cccc(C2SC(=O)NC2=O)c1. The monoisotopic (exact) mass is 483 g/mol. The maximum Gasteiger partial charge on any atom is 0.286 e. The van der Waals surface area contributed by atoms with Crippen molar-refractivity contribution in [1.29, 1.82) is 0 Å². The number of thioether (sulfide) groups is 1. The van der Waals surface area contributed by atoms with Crippen LogP contribution in [0.1, 0.15) is 68.2 Å². The van der Waals surface area contributed by atoms with Crippen LogP contribution < -0.4 is 19.5 Å². The zero-order valence-electron chi connectivity index (χ0n) is 19.7. The van der Waals surface area contributed by atoms with Crippen LogP contribution in [-0.4, -0.2) is 30.5 Å². The lowest BCUT2D eigenvalue weighted by molar-refractivity contribution is -0.119. The Hall–Kier alpha value is -2.67. The molecule has 2 fully saturated rings. The van der Waals surface area contributed by atoms with E-state index in [9.17, 15) is 9.59 Å². The Morgan fingerprint density at radius 2 is 1.79 bits per heavy atom. The van der Waals surface area contributed by atoms with Crippen LogP contribution in [0, 0.1) is 0 Å². The summed E-state index contributed by atoms with van der Waals surface area (Å²) in [6, 6.07) is 13.5. The molecule has 1 aliphatic heterocycles. The molecule has 1 saturated carbocycles. The fourth-order valence-corrected chi connectivity index (χ4v) is 5.21. The quantitative estimate of drug-likeness (QED) is 0.382. The largest absolute Gasteiger partial charge is 0.493 e. The summed E-state index contributed by atoms with van der Waals surface area (Å²) in [6.07, 6.45) is 9.20. The number of imide groups is 1. The molecule has 1 heterocycles. The molecule has 2 aromatic rings.